The number of halogens is 1. The third-order valence-electron chi connectivity index (χ3n) is 3.71. The number of ether oxygens (including phenoxy) is 1. The lowest BCUT2D eigenvalue weighted by atomic mass is 10.2. The molecule has 1 aromatic carbocycles. The Labute approximate surface area is 143 Å². The fraction of sp³-hybridized carbons (Fsp3) is 0.294. The van der Waals surface area contributed by atoms with Gasteiger partial charge in [0.25, 0.3) is 0 Å². The number of hydrogen-bond acceptors (Lipinski definition) is 3. The molecule has 5 nitrogen and oxygen atoms in total. The number of likely N-dealkylation sites (tertiary alicyclic amines) is 1. The smallest absolute Gasteiger partial charge is 0.317 e. The highest BCUT2D eigenvalue weighted by Gasteiger charge is 2.27. The largest absolute Gasteiger partial charge is 0.472 e. The Kier molecular flexibility index (Phi) is 5.12. The summed E-state index contributed by atoms with van der Waals surface area (Å²) in [5.74, 6) is 0.588. The van der Waals surface area contributed by atoms with Crippen LogP contribution in [0.3, 0.4) is 0 Å². The maximum Gasteiger partial charge on any atom is 0.317 e. The molecule has 6 heteroatoms. The van der Waals surface area contributed by atoms with Gasteiger partial charge in [-0.25, -0.2) is 9.78 Å². The molecule has 120 valence electrons. The van der Waals surface area contributed by atoms with Crippen molar-refractivity contribution in [1.82, 2.24) is 15.2 Å². The predicted molar refractivity (Wildman–Crippen MR) is 91.2 cm³/mol. The predicted octanol–water partition coefficient (Wildman–Crippen LogP) is 3.21. The van der Waals surface area contributed by atoms with Gasteiger partial charge in [-0.3, -0.25) is 0 Å². The van der Waals surface area contributed by atoms with E-state index in [0.717, 1.165) is 16.5 Å². The van der Waals surface area contributed by atoms with Gasteiger partial charge in [0, 0.05) is 36.2 Å². The van der Waals surface area contributed by atoms with Crippen LogP contribution in [-0.2, 0) is 6.54 Å². The van der Waals surface area contributed by atoms with Crippen LogP contribution in [0.2, 0.25) is 0 Å². The lowest BCUT2D eigenvalue weighted by Crippen LogP contribution is -2.39. The topological polar surface area (TPSA) is 54.5 Å². The van der Waals surface area contributed by atoms with E-state index in [1.54, 1.807) is 11.1 Å². The van der Waals surface area contributed by atoms with Crippen molar-refractivity contribution in [2.24, 2.45) is 0 Å². The second-order valence-electron chi connectivity index (χ2n) is 5.43. The first-order valence-electron chi connectivity index (χ1n) is 7.55. The van der Waals surface area contributed by atoms with E-state index in [2.05, 4.69) is 26.2 Å². The van der Waals surface area contributed by atoms with Crippen LogP contribution in [0.15, 0.2) is 53.1 Å². The van der Waals surface area contributed by atoms with Crippen LogP contribution in [-0.4, -0.2) is 35.1 Å². The second kappa shape index (κ2) is 7.46. The zero-order valence-electron chi connectivity index (χ0n) is 12.6. The molecule has 2 heterocycles. The normalized spacial score (nSPS) is 17.1. The van der Waals surface area contributed by atoms with Crippen molar-refractivity contribution in [3.63, 3.8) is 0 Å². The highest BCUT2D eigenvalue weighted by Crippen LogP contribution is 2.18. The molecule has 1 unspecified atom stereocenters. The van der Waals surface area contributed by atoms with Crippen LogP contribution >= 0.6 is 15.9 Å². The molecule has 1 atom stereocenters. The zero-order valence-corrected chi connectivity index (χ0v) is 14.2. The zero-order chi connectivity index (χ0) is 16.1. The Morgan fingerprint density at radius 1 is 1.30 bits per heavy atom. The van der Waals surface area contributed by atoms with Gasteiger partial charge in [0.2, 0.25) is 5.88 Å². The molecule has 1 N–H and O–H groups in total. The number of hydrogen-bond donors (Lipinski definition) is 1. The van der Waals surface area contributed by atoms with E-state index in [9.17, 15) is 4.79 Å². The average Bonchev–Trinajstić information content (AvgIpc) is 3.04. The second-order valence-corrected chi connectivity index (χ2v) is 6.35. The summed E-state index contributed by atoms with van der Waals surface area (Å²) in [6, 6.07) is 13.5. The molecule has 0 aliphatic carbocycles. The summed E-state index contributed by atoms with van der Waals surface area (Å²) >= 11 is 3.34. The third kappa shape index (κ3) is 4.45. The monoisotopic (exact) mass is 375 g/mol. The van der Waals surface area contributed by atoms with Crippen molar-refractivity contribution >= 4 is 22.0 Å². The Morgan fingerprint density at radius 2 is 2.13 bits per heavy atom. The first-order chi connectivity index (χ1) is 11.2. The van der Waals surface area contributed by atoms with E-state index in [1.165, 1.54) is 0 Å². The highest BCUT2D eigenvalue weighted by molar-refractivity contribution is 9.10. The van der Waals surface area contributed by atoms with E-state index >= 15 is 0 Å². The number of urea groups is 1. The lowest BCUT2D eigenvalue weighted by Gasteiger charge is -2.17. The van der Waals surface area contributed by atoms with Gasteiger partial charge in [-0.1, -0.05) is 30.3 Å². The lowest BCUT2D eigenvalue weighted by molar-refractivity contribution is 0.183. The van der Waals surface area contributed by atoms with E-state index in [0.29, 0.717) is 25.5 Å². The molecule has 1 aliphatic heterocycles. The number of nitrogens with one attached hydrogen (secondary N) is 1. The summed E-state index contributed by atoms with van der Waals surface area (Å²) in [7, 11) is 0. The fourth-order valence-electron chi connectivity index (χ4n) is 2.50. The maximum atomic E-state index is 12.2. The molecule has 23 heavy (non-hydrogen) atoms. The minimum atomic E-state index is -0.0521. The van der Waals surface area contributed by atoms with Crippen molar-refractivity contribution < 1.29 is 9.53 Å². The van der Waals surface area contributed by atoms with E-state index in [4.69, 9.17) is 4.74 Å². The molecule has 1 fully saturated rings. The average molecular weight is 376 g/mol. The van der Waals surface area contributed by atoms with E-state index in [-0.39, 0.29) is 12.1 Å². The van der Waals surface area contributed by atoms with Gasteiger partial charge in [-0.15, -0.1) is 0 Å². The first-order valence-corrected chi connectivity index (χ1v) is 8.35. The summed E-state index contributed by atoms with van der Waals surface area (Å²) in [5.41, 5.74) is 1.09. The van der Waals surface area contributed by atoms with Crippen molar-refractivity contribution in [3.8, 4) is 5.88 Å². The molecule has 2 aromatic rings. The SMILES string of the molecule is O=C(NCc1ccccc1)N1CCC(Oc2ccc(Br)cn2)C1. The minimum Gasteiger partial charge on any atom is -0.472 e. The number of pyridine rings is 1. The molecule has 3 rings (SSSR count). The summed E-state index contributed by atoms with van der Waals surface area (Å²) < 4.78 is 6.73. The summed E-state index contributed by atoms with van der Waals surface area (Å²) in [5, 5.41) is 2.94. The molecule has 0 bridgehead atoms. The molecular formula is C17H18BrN3O2. The number of nitrogens with zero attached hydrogens (tertiary/aromatic N) is 2. The number of amides is 2. The van der Waals surface area contributed by atoms with Crippen LogP contribution in [0.4, 0.5) is 4.79 Å². The van der Waals surface area contributed by atoms with Crippen LogP contribution in [0, 0.1) is 0 Å². The Balaban J connectivity index is 1.47. The van der Waals surface area contributed by atoms with E-state index in [1.807, 2.05) is 42.5 Å². The Morgan fingerprint density at radius 3 is 2.87 bits per heavy atom. The fourth-order valence-corrected chi connectivity index (χ4v) is 2.73. The first kappa shape index (κ1) is 15.8. The number of benzene rings is 1. The quantitative estimate of drug-likeness (QED) is 0.892. The molecule has 0 radical (unpaired) electrons. The van der Waals surface area contributed by atoms with Crippen LogP contribution in [0.1, 0.15) is 12.0 Å². The summed E-state index contributed by atoms with van der Waals surface area (Å²) in [6.45, 7) is 1.82. The molecule has 0 saturated carbocycles. The van der Waals surface area contributed by atoms with Crippen LogP contribution in [0.5, 0.6) is 5.88 Å². The van der Waals surface area contributed by atoms with Gasteiger partial charge in [0.15, 0.2) is 0 Å². The van der Waals surface area contributed by atoms with Gasteiger partial charge >= 0.3 is 6.03 Å². The van der Waals surface area contributed by atoms with Gasteiger partial charge in [-0.2, -0.15) is 0 Å². The molecule has 1 aromatic heterocycles. The third-order valence-corrected chi connectivity index (χ3v) is 4.18. The molecule has 0 spiro atoms. The van der Waals surface area contributed by atoms with Gasteiger partial charge in [0.1, 0.15) is 6.10 Å². The van der Waals surface area contributed by atoms with Gasteiger partial charge in [-0.05, 0) is 27.6 Å². The summed E-state index contributed by atoms with van der Waals surface area (Å²) in [4.78, 5) is 18.2. The van der Waals surface area contributed by atoms with Crippen molar-refractivity contribution in [2.75, 3.05) is 13.1 Å². The van der Waals surface area contributed by atoms with Crippen molar-refractivity contribution in [2.45, 2.75) is 19.1 Å². The molecule has 2 amide bonds. The standard InChI is InChI=1S/C17H18BrN3O2/c18-14-6-7-16(19-11-14)23-15-8-9-21(12-15)17(22)20-10-13-4-2-1-3-5-13/h1-7,11,15H,8-10,12H2,(H,20,22). The van der Waals surface area contributed by atoms with Gasteiger partial charge < -0.3 is 15.0 Å². The van der Waals surface area contributed by atoms with Crippen LogP contribution < -0.4 is 10.1 Å². The number of rotatable bonds is 4. The maximum absolute atomic E-state index is 12.2. The van der Waals surface area contributed by atoms with Crippen molar-refractivity contribution in [3.05, 3.63) is 58.7 Å². The highest BCUT2D eigenvalue weighted by atomic mass is 79.9. The van der Waals surface area contributed by atoms with Crippen LogP contribution in [0.25, 0.3) is 0 Å². The van der Waals surface area contributed by atoms with Crippen molar-refractivity contribution in [1.29, 1.82) is 0 Å². The van der Waals surface area contributed by atoms with Gasteiger partial charge in [0.05, 0.1) is 6.54 Å². The Bertz CT molecular complexity index is 649. The molecular weight excluding hydrogens is 358 g/mol. The number of aromatic nitrogens is 1. The molecule has 1 aliphatic rings. The Hall–Kier alpha value is -2.08. The van der Waals surface area contributed by atoms with E-state index < -0.39 is 0 Å². The minimum absolute atomic E-state index is 0.00819. The summed E-state index contributed by atoms with van der Waals surface area (Å²) in [6.07, 6.45) is 2.51. The number of carbonyl (C=O) groups is 1. The molecule has 1 saturated heterocycles. The number of carbonyl (C=O) groups excluding carboxylic acids is 1.